The number of nitrogens with one attached hydrogen (secondary N) is 1. The lowest BCUT2D eigenvalue weighted by Gasteiger charge is -2.21. The van der Waals surface area contributed by atoms with Crippen LogP contribution in [0.1, 0.15) is 49.5 Å². The third kappa shape index (κ3) is 4.96. The molecular weight excluding hydrogens is 420 g/mol. The van der Waals surface area contributed by atoms with E-state index >= 15 is 0 Å². The molecule has 0 bridgehead atoms. The molecule has 8 heteroatoms. The van der Waals surface area contributed by atoms with Crippen molar-refractivity contribution in [1.82, 2.24) is 5.32 Å². The summed E-state index contributed by atoms with van der Waals surface area (Å²) in [6, 6.07) is 7.64. The van der Waals surface area contributed by atoms with E-state index in [4.69, 9.17) is 0 Å². The maximum absolute atomic E-state index is 13.3. The monoisotopic (exact) mass is 443 g/mol. The maximum atomic E-state index is 13.3. The first-order valence-electron chi connectivity index (χ1n) is 10.0. The quantitative estimate of drug-likeness (QED) is 0.323. The van der Waals surface area contributed by atoms with Crippen LogP contribution in [0.5, 0.6) is 0 Å². The zero-order valence-corrected chi connectivity index (χ0v) is 17.0. The minimum atomic E-state index is -4.65. The summed E-state index contributed by atoms with van der Waals surface area (Å²) >= 11 is 0. The van der Waals surface area contributed by atoms with Gasteiger partial charge in [-0.15, -0.1) is 0 Å². The van der Waals surface area contributed by atoms with Crippen molar-refractivity contribution in [2.45, 2.75) is 51.2 Å². The Bertz CT molecular complexity index is 1070. The second-order valence-electron chi connectivity index (χ2n) is 7.60. The number of aliphatic hydroxyl groups is 1. The molecule has 3 aromatic carbocycles. The first-order chi connectivity index (χ1) is 14.5. The van der Waals surface area contributed by atoms with Crippen molar-refractivity contribution >= 4 is 21.5 Å². The highest BCUT2D eigenvalue weighted by atomic mass is 19.4. The van der Waals surface area contributed by atoms with Crippen LogP contribution in [0, 0.1) is 0 Å². The Morgan fingerprint density at radius 3 is 1.87 bits per heavy atom. The van der Waals surface area contributed by atoms with E-state index in [1.807, 2.05) is 13.8 Å². The van der Waals surface area contributed by atoms with Crippen molar-refractivity contribution in [1.29, 1.82) is 0 Å². The number of rotatable bonds is 6. The third-order valence-corrected chi connectivity index (χ3v) is 5.58. The molecule has 2 nitrogen and oxygen atoms in total. The lowest BCUT2D eigenvalue weighted by molar-refractivity contribution is -0.138. The summed E-state index contributed by atoms with van der Waals surface area (Å²) in [5.41, 5.74) is -1.53. The van der Waals surface area contributed by atoms with E-state index in [-0.39, 0.29) is 23.4 Å². The van der Waals surface area contributed by atoms with E-state index in [0.717, 1.165) is 37.1 Å². The Morgan fingerprint density at radius 1 is 0.774 bits per heavy atom. The van der Waals surface area contributed by atoms with E-state index in [1.165, 1.54) is 12.1 Å². The standard InChI is InChI=1S/C23H23F6NO/c1-3-16(4-2)30-12-21(31)20-9-13-5-6-14(22(24,25)26)10-18(13)19-11-15(23(27,28)29)7-8-17(19)20/h5-11,16,21,30-31H,3-4,12H2,1-2H3. The van der Waals surface area contributed by atoms with Crippen molar-refractivity contribution < 1.29 is 31.4 Å². The normalized spacial score (nSPS) is 14.0. The Hall–Kier alpha value is -2.32. The summed E-state index contributed by atoms with van der Waals surface area (Å²) in [6.07, 6.45) is -8.62. The fourth-order valence-corrected chi connectivity index (χ4v) is 3.77. The van der Waals surface area contributed by atoms with E-state index in [9.17, 15) is 31.4 Å². The second-order valence-corrected chi connectivity index (χ2v) is 7.60. The Morgan fingerprint density at radius 2 is 1.32 bits per heavy atom. The predicted molar refractivity (Wildman–Crippen MR) is 109 cm³/mol. The molecule has 1 unspecified atom stereocenters. The topological polar surface area (TPSA) is 32.3 Å². The summed E-state index contributed by atoms with van der Waals surface area (Å²) in [6.45, 7) is 4.17. The predicted octanol–water partition coefficient (Wildman–Crippen LogP) is 6.84. The lowest BCUT2D eigenvalue weighted by Crippen LogP contribution is -2.31. The van der Waals surface area contributed by atoms with Crippen molar-refractivity contribution in [3.63, 3.8) is 0 Å². The number of fused-ring (bicyclic) bond motifs is 3. The van der Waals surface area contributed by atoms with Gasteiger partial charge in [0.25, 0.3) is 0 Å². The number of aliphatic hydroxyl groups excluding tert-OH is 1. The molecule has 0 heterocycles. The average molecular weight is 443 g/mol. The van der Waals surface area contributed by atoms with Gasteiger partial charge in [-0.2, -0.15) is 26.3 Å². The minimum Gasteiger partial charge on any atom is -0.387 e. The fourth-order valence-electron chi connectivity index (χ4n) is 3.77. The number of hydrogen-bond acceptors (Lipinski definition) is 2. The maximum Gasteiger partial charge on any atom is 0.416 e. The Kier molecular flexibility index (Phi) is 6.53. The molecule has 0 radical (unpaired) electrons. The lowest BCUT2D eigenvalue weighted by atomic mass is 9.92. The molecule has 0 aliphatic carbocycles. The minimum absolute atomic E-state index is 0.0232. The molecule has 168 valence electrons. The summed E-state index contributed by atoms with van der Waals surface area (Å²) in [5, 5.41) is 14.7. The molecule has 3 rings (SSSR count). The van der Waals surface area contributed by atoms with Gasteiger partial charge in [0.05, 0.1) is 17.2 Å². The largest absolute Gasteiger partial charge is 0.416 e. The summed E-state index contributed by atoms with van der Waals surface area (Å²) in [7, 11) is 0. The summed E-state index contributed by atoms with van der Waals surface area (Å²) in [4.78, 5) is 0. The van der Waals surface area contributed by atoms with Crippen LogP contribution in [0.15, 0.2) is 42.5 Å². The van der Waals surface area contributed by atoms with E-state index in [1.54, 1.807) is 6.07 Å². The number of benzene rings is 3. The van der Waals surface area contributed by atoms with Gasteiger partial charge in [0.15, 0.2) is 0 Å². The molecule has 0 spiro atoms. The van der Waals surface area contributed by atoms with Crippen LogP contribution in [0.3, 0.4) is 0 Å². The molecule has 0 amide bonds. The van der Waals surface area contributed by atoms with Crippen LogP contribution >= 0.6 is 0 Å². The number of alkyl halides is 6. The molecule has 0 aliphatic rings. The van der Waals surface area contributed by atoms with Gasteiger partial charge in [-0.05, 0) is 70.3 Å². The van der Waals surface area contributed by atoms with E-state index < -0.39 is 29.6 Å². The smallest absolute Gasteiger partial charge is 0.387 e. The molecular formula is C23H23F6NO. The van der Waals surface area contributed by atoms with E-state index in [2.05, 4.69) is 5.32 Å². The highest BCUT2D eigenvalue weighted by Gasteiger charge is 2.32. The van der Waals surface area contributed by atoms with Gasteiger partial charge >= 0.3 is 12.4 Å². The third-order valence-electron chi connectivity index (χ3n) is 5.58. The summed E-state index contributed by atoms with van der Waals surface area (Å²) in [5.74, 6) is 0. The second kappa shape index (κ2) is 8.67. The molecule has 0 aliphatic heterocycles. The average Bonchev–Trinajstić information content (AvgIpc) is 2.71. The van der Waals surface area contributed by atoms with Gasteiger partial charge < -0.3 is 10.4 Å². The van der Waals surface area contributed by atoms with Crippen LogP contribution < -0.4 is 5.32 Å². The zero-order chi connectivity index (χ0) is 23.0. The molecule has 31 heavy (non-hydrogen) atoms. The van der Waals surface area contributed by atoms with Gasteiger partial charge in [0, 0.05) is 12.6 Å². The first kappa shape index (κ1) is 23.3. The zero-order valence-electron chi connectivity index (χ0n) is 17.0. The van der Waals surface area contributed by atoms with Crippen LogP contribution in [0.25, 0.3) is 21.5 Å². The van der Waals surface area contributed by atoms with Crippen molar-refractivity contribution in [2.75, 3.05) is 6.54 Å². The highest BCUT2D eigenvalue weighted by molar-refractivity contribution is 6.09. The van der Waals surface area contributed by atoms with Crippen LogP contribution in [-0.2, 0) is 12.4 Å². The van der Waals surface area contributed by atoms with Gasteiger partial charge in [0.2, 0.25) is 0 Å². The van der Waals surface area contributed by atoms with Gasteiger partial charge in [-0.25, -0.2) is 0 Å². The van der Waals surface area contributed by atoms with Crippen molar-refractivity contribution in [3.8, 4) is 0 Å². The molecule has 1 atom stereocenters. The molecule has 0 saturated carbocycles. The van der Waals surface area contributed by atoms with Crippen LogP contribution in [0.4, 0.5) is 26.3 Å². The number of halogens is 6. The van der Waals surface area contributed by atoms with Crippen LogP contribution in [0.2, 0.25) is 0 Å². The van der Waals surface area contributed by atoms with Gasteiger partial charge in [-0.3, -0.25) is 0 Å². The molecule has 0 aromatic heterocycles. The molecule has 2 N–H and O–H groups in total. The molecule has 3 aromatic rings. The van der Waals surface area contributed by atoms with Gasteiger partial charge in [0.1, 0.15) is 0 Å². The molecule has 0 saturated heterocycles. The van der Waals surface area contributed by atoms with E-state index in [0.29, 0.717) is 16.3 Å². The van der Waals surface area contributed by atoms with Crippen LogP contribution in [-0.4, -0.2) is 17.7 Å². The Labute approximate surface area is 175 Å². The number of hydrogen-bond donors (Lipinski definition) is 2. The van der Waals surface area contributed by atoms with Gasteiger partial charge in [-0.1, -0.05) is 26.0 Å². The van der Waals surface area contributed by atoms with Crippen molar-refractivity contribution in [3.05, 3.63) is 59.2 Å². The fraction of sp³-hybridized carbons (Fsp3) is 0.391. The molecule has 0 fully saturated rings. The first-order valence-corrected chi connectivity index (χ1v) is 10.0. The Balaban J connectivity index is 2.21. The summed E-state index contributed by atoms with van der Waals surface area (Å²) < 4.78 is 79.5. The van der Waals surface area contributed by atoms with Crippen molar-refractivity contribution in [2.24, 2.45) is 0 Å². The SMILES string of the molecule is CCC(CC)NCC(O)c1cc2ccc(C(F)(F)F)cc2c2cc(C(F)(F)F)ccc12. The highest BCUT2D eigenvalue weighted by Crippen LogP contribution is 2.39.